The van der Waals surface area contributed by atoms with E-state index in [2.05, 4.69) is 5.32 Å². The molecule has 110 valence electrons. The summed E-state index contributed by atoms with van der Waals surface area (Å²) in [5.41, 5.74) is 0. The van der Waals surface area contributed by atoms with Gasteiger partial charge in [-0.05, 0) is 26.0 Å². The summed E-state index contributed by atoms with van der Waals surface area (Å²) >= 11 is 0. The molecule has 0 aliphatic carbocycles. The Kier molecular flexibility index (Phi) is 5.89. The van der Waals surface area contributed by atoms with E-state index < -0.39 is 36.2 Å². The van der Waals surface area contributed by atoms with E-state index in [-0.39, 0.29) is 12.4 Å². The number of nitrogens with one attached hydrogen (secondary N) is 1. The van der Waals surface area contributed by atoms with Gasteiger partial charge >= 0.3 is 5.97 Å². The lowest BCUT2D eigenvalue weighted by atomic mass is 10.3. The molecule has 1 amide bonds. The average molecular weight is 287 g/mol. The van der Waals surface area contributed by atoms with Crippen LogP contribution in [0.5, 0.6) is 5.75 Å². The van der Waals surface area contributed by atoms with Crippen LogP contribution in [0.3, 0.4) is 0 Å². The topological polar surface area (TPSA) is 64.6 Å². The molecule has 20 heavy (non-hydrogen) atoms. The van der Waals surface area contributed by atoms with Crippen molar-refractivity contribution in [2.75, 3.05) is 13.2 Å². The number of benzene rings is 1. The summed E-state index contributed by atoms with van der Waals surface area (Å²) < 4.78 is 35.5. The Morgan fingerprint density at radius 3 is 2.65 bits per heavy atom. The van der Waals surface area contributed by atoms with E-state index >= 15 is 0 Å². The van der Waals surface area contributed by atoms with Crippen molar-refractivity contribution >= 4 is 11.9 Å². The van der Waals surface area contributed by atoms with Crippen LogP contribution >= 0.6 is 0 Å². The van der Waals surface area contributed by atoms with Crippen LogP contribution in [-0.4, -0.2) is 31.1 Å². The minimum Gasteiger partial charge on any atom is -0.481 e. The number of carbonyl (C=O) groups is 2. The standard InChI is InChI=1S/C13H15F2NO4/c1-3-19-13(18)8(2)16-12(17)7-20-11-5-4-9(14)6-10(11)15/h4-6,8H,3,7H2,1-2H3,(H,16,17). The lowest BCUT2D eigenvalue weighted by Crippen LogP contribution is -2.41. The molecule has 0 spiro atoms. The number of carbonyl (C=O) groups excluding carboxylic acids is 2. The number of hydrogen-bond donors (Lipinski definition) is 1. The van der Waals surface area contributed by atoms with Gasteiger partial charge in [0.15, 0.2) is 18.2 Å². The van der Waals surface area contributed by atoms with E-state index in [0.29, 0.717) is 6.07 Å². The minimum absolute atomic E-state index is 0.205. The summed E-state index contributed by atoms with van der Waals surface area (Å²) in [6.45, 7) is 2.81. The molecule has 0 fully saturated rings. The van der Waals surface area contributed by atoms with Crippen molar-refractivity contribution in [1.82, 2.24) is 5.32 Å². The van der Waals surface area contributed by atoms with Gasteiger partial charge in [0, 0.05) is 6.07 Å². The first-order valence-electron chi connectivity index (χ1n) is 5.98. The summed E-state index contributed by atoms with van der Waals surface area (Å²) in [6.07, 6.45) is 0. The van der Waals surface area contributed by atoms with E-state index in [1.807, 2.05) is 0 Å². The number of ether oxygens (including phenoxy) is 2. The maximum atomic E-state index is 13.2. The Morgan fingerprint density at radius 1 is 1.35 bits per heavy atom. The van der Waals surface area contributed by atoms with Crippen molar-refractivity contribution in [3.05, 3.63) is 29.8 Å². The van der Waals surface area contributed by atoms with Crippen LogP contribution in [0, 0.1) is 11.6 Å². The zero-order valence-corrected chi connectivity index (χ0v) is 11.1. The molecule has 5 nitrogen and oxygen atoms in total. The SMILES string of the molecule is CCOC(=O)C(C)NC(=O)COc1ccc(F)cc1F. The van der Waals surface area contributed by atoms with Gasteiger partial charge in [-0.25, -0.2) is 13.6 Å². The average Bonchev–Trinajstić information content (AvgIpc) is 2.37. The van der Waals surface area contributed by atoms with Crippen molar-refractivity contribution in [2.24, 2.45) is 0 Å². The summed E-state index contributed by atoms with van der Waals surface area (Å²) in [6, 6.07) is 1.91. The fourth-order valence-electron chi connectivity index (χ4n) is 1.34. The maximum Gasteiger partial charge on any atom is 0.328 e. The zero-order chi connectivity index (χ0) is 15.1. The van der Waals surface area contributed by atoms with Gasteiger partial charge in [0.25, 0.3) is 5.91 Å². The van der Waals surface area contributed by atoms with E-state index in [1.165, 1.54) is 6.92 Å². The lowest BCUT2D eigenvalue weighted by Gasteiger charge is -2.13. The number of hydrogen-bond acceptors (Lipinski definition) is 4. The minimum atomic E-state index is -0.906. The number of rotatable bonds is 6. The third-order valence-electron chi connectivity index (χ3n) is 2.27. The summed E-state index contributed by atoms with van der Waals surface area (Å²) in [5.74, 6) is -3.08. The first-order valence-corrected chi connectivity index (χ1v) is 5.98. The van der Waals surface area contributed by atoms with Crippen LogP contribution < -0.4 is 10.1 Å². The number of halogens is 2. The Morgan fingerprint density at radius 2 is 2.05 bits per heavy atom. The second kappa shape index (κ2) is 7.42. The smallest absolute Gasteiger partial charge is 0.328 e. The van der Waals surface area contributed by atoms with Crippen molar-refractivity contribution in [2.45, 2.75) is 19.9 Å². The second-order valence-electron chi connectivity index (χ2n) is 3.90. The van der Waals surface area contributed by atoms with Crippen LogP contribution in [0.2, 0.25) is 0 Å². The van der Waals surface area contributed by atoms with Gasteiger partial charge in [-0.3, -0.25) is 4.79 Å². The number of amides is 1. The summed E-state index contributed by atoms with van der Waals surface area (Å²) in [4.78, 5) is 22.7. The highest BCUT2D eigenvalue weighted by Crippen LogP contribution is 2.17. The molecule has 1 unspecified atom stereocenters. The molecule has 1 N–H and O–H groups in total. The third kappa shape index (κ3) is 4.83. The molecule has 0 aliphatic heterocycles. The van der Waals surface area contributed by atoms with Crippen LogP contribution in [0.25, 0.3) is 0 Å². The first kappa shape index (κ1) is 15.9. The third-order valence-corrected chi connectivity index (χ3v) is 2.27. The van der Waals surface area contributed by atoms with Crippen LogP contribution in [-0.2, 0) is 14.3 Å². The molecule has 0 saturated carbocycles. The molecule has 1 atom stereocenters. The Hall–Kier alpha value is -2.18. The van der Waals surface area contributed by atoms with Crippen molar-refractivity contribution in [1.29, 1.82) is 0 Å². The predicted octanol–water partition coefficient (Wildman–Crippen LogP) is 1.41. The quantitative estimate of drug-likeness (QED) is 0.803. The monoisotopic (exact) mass is 287 g/mol. The van der Waals surface area contributed by atoms with E-state index in [0.717, 1.165) is 12.1 Å². The summed E-state index contributed by atoms with van der Waals surface area (Å²) in [7, 11) is 0. The Labute approximate surface area is 114 Å². The molecule has 1 rings (SSSR count). The Balaban J connectivity index is 2.45. The van der Waals surface area contributed by atoms with Crippen LogP contribution in [0.1, 0.15) is 13.8 Å². The number of esters is 1. The van der Waals surface area contributed by atoms with E-state index in [1.54, 1.807) is 6.92 Å². The largest absolute Gasteiger partial charge is 0.481 e. The fraction of sp³-hybridized carbons (Fsp3) is 0.385. The van der Waals surface area contributed by atoms with Crippen LogP contribution in [0.15, 0.2) is 18.2 Å². The predicted molar refractivity (Wildman–Crippen MR) is 66.1 cm³/mol. The van der Waals surface area contributed by atoms with Gasteiger partial charge < -0.3 is 14.8 Å². The van der Waals surface area contributed by atoms with E-state index in [9.17, 15) is 18.4 Å². The first-order chi connectivity index (χ1) is 9.43. The van der Waals surface area contributed by atoms with E-state index in [4.69, 9.17) is 9.47 Å². The van der Waals surface area contributed by atoms with Gasteiger partial charge in [0.1, 0.15) is 11.9 Å². The highest BCUT2D eigenvalue weighted by molar-refractivity contribution is 5.84. The highest BCUT2D eigenvalue weighted by Gasteiger charge is 2.17. The van der Waals surface area contributed by atoms with Gasteiger partial charge in [-0.1, -0.05) is 0 Å². The molecular formula is C13H15F2NO4. The highest BCUT2D eigenvalue weighted by atomic mass is 19.1. The molecule has 0 radical (unpaired) electrons. The molecular weight excluding hydrogens is 272 g/mol. The molecule has 0 aliphatic rings. The zero-order valence-electron chi connectivity index (χ0n) is 11.1. The van der Waals surface area contributed by atoms with Gasteiger partial charge in [-0.2, -0.15) is 0 Å². The van der Waals surface area contributed by atoms with Gasteiger partial charge in [0.05, 0.1) is 6.61 Å². The molecule has 1 aromatic rings. The van der Waals surface area contributed by atoms with Gasteiger partial charge in [0.2, 0.25) is 0 Å². The fourth-order valence-corrected chi connectivity index (χ4v) is 1.34. The molecule has 1 aromatic carbocycles. The van der Waals surface area contributed by atoms with Crippen LogP contribution in [0.4, 0.5) is 8.78 Å². The van der Waals surface area contributed by atoms with Crippen molar-refractivity contribution in [3.8, 4) is 5.75 Å². The lowest BCUT2D eigenvalue weighted by molar-refractivity contribution is -0.147. The second-order valence-corrected chi connectivity index (χ2v) is 3.90. The summed E-state index contributed by atoms with van der Waals surface area (Å²) in [5, 5.41) is 2.33. The molecule has 0 saturated heterocycles. The van der Waals surface area contributed by atoms with Crippen molar-refractivity contribution in [3.63, 3.8) is 0 Å². The molecule has 0 heterocycles. The maximum absolute atomic E-state index is 13.2. The molecule has 7 heteroatoms. The van der Waals surface area contributed by atoms with Crippen molar-refractivity contribution < 1.29 is 27.8 Å². The van der Waals surface area contributed by atoms with Gasteiger partial charge in [-0.15, -0.1) is 0 Å². The molecule has 0 bridgehead atoms. The molecule has 0 aromatic heterocycles. The Bertz CT molecular complexity index is 493. The normalized spacial score (nSPS) is 11.6.